The lowest BCUT2D eigenvalue weighted by atomic mass is 9.92. The zero-order chi connectivity index (χ0) is 18.6. The van der Waals surface area contributed by atoms with Crippen LogP contribution in [0, 0.1) is 0 Å². The van der Waals surface area contributed by atoms with Gasteiger partial charge in [-0.3, -0.25) is 4.79 Å². The van der Waals surface area contributed by atoms with Gasteiger partial charge in [0.05, 0.1) is 17.9 Å². The molecule has 0 bridgehead atoms. The van der Waals surface area contributed by atoms with Crippen LogP contribution < -0.4 is 11.1 Å². The topological polar surface area (TPSA) is 104 Å². The van der Waals surface area contributed by atoms with E-state index in [9.17, 15) is 4.79 Å². The predicted octanol–water partition coefficient (Wildman–Crippen LogP) is 1.84. The fourth-order valence-corrected chi connectivity index (χ4v) is 3.49. The highest BCUT2D eigenvalue weighted by Crippen LogP contribution is 2.26. The zero-order valence-electron chi connectivity index (χ0n) is 15.0. The Labute approximate surface area is 157 Å². The van der Waals surface area contributed by atoms with Crippen LogP contribution in [0.15, 0.2) is 48.9 Å². The Morgan fingerprint density at radius 2 is 2.00 bits per heavy atom. The van der Waals surface area contributed by atoms with E-state index in [0.717, 1.165) is 36.9 Å². The smallest absolute Gasteiger partial charge is 0.273 e. The van der Waals surface area contributed by atoms with Gasteiger partial charge in [0.15, 0.2) is 5.69 Å². The van der Waals surface area contributed by atoms with Gasteiger partial charge in [-0.05, 0) is 43.4 Å². The van der Waals surface area contributed by atoms with Crippen LogP contribution >= 0.6 is 0 Å². The maximum atomic E-state index is 12.5. The Hall–Kier alpha value is -3.00. The summed E-state index contributed by atoms with van der Waals surface area (Å²) in [6.07, 6.45) is 9.25. The van der Waals surface area contributed by atoms with Crippen molar-refractivity contribution >= 4 is 5.91 Å². The molecule has 4 rings (SSSR count). The van der Waals surface area contributed by atoms with Gasteiger partial charge in [-0.2, -0.15) is 5.10 Å². The molecule has 0 aliphatic heterocycles. The zero-order valence-corrected chi connectivity index (χ0v) is 15.0. The van der Waals surface area contributed by atoms with Crippen molar-refractivity contribution in [2.24, 2.45) is 5.73 Å². The van der Waals surface area contributed by atoms with Gasteiger partial charge >= 0.3 is 0 Å². The molecule has 3 aromatic rings. The fourth-order valence-electron chi connectivity index (χ4n) is 3.49. The molecule has 1 aliphatic carbocycles. The van der Waals surface area contributed by atoms with Crippen LogP contribution in [-0.2, 0) is 6.54 Å². The highest BCUT2D eigenvalue weighted by atomic mass is 16.2. The normalized spacial score (nSPS) is 19.7. The number of hydrogen-bond donors (Lipinski definition) is 2. The third-order valence-corrected chi connectivity index (χ3v) is 5.04. The van der Waals surface area contributed by atoms with E-state index >= 15 is 0 Å². The van der Waals surface area contributed by atoms with Crippen molar-refractivity contribution in [3.63, 3.8) is 0 Å². The number of nitrogens with one attached hydrogen (secondary N) is 1. The molecule has 1 fully saturated rings. The van der Waals surface area contributed by atoms with Crippen LogP contribution in [0.25, 0.3) is 5.69 Å². The minimum absolute atomic E-state index is 0.232. The molecular formula is C19H23N7O. The summed E-state index contributed by atoms with van der Waals surface area (Å²) in [7, 11) is 0. The average molecular weight is 365 g/mol. The maximum Gasteiger partial charge on any atom is 0.273 e. The number of hydrogen-bond acceptors (Lipinski definition) is 5. The summed E-state index contributed by atoms with van der Waals surface area (Å²) < 4.78 is 3.59. The Kier molecular flexibility index (Phi) is 4.97. The van der Waals surface area contributed by atoms with Gasteiger partial charge in [0.2, 0.25) is 0 Å². The van der Waals surface area contributed by atoms with Crippen molar-refractivity contribution in [2.75, 3.05) is 0 Å². The minimum Gasteiger partial charge on any atom is -0.346 e. The number of carbonyl (C=O) groups is 1. The first kappa shape index (κ1) is 17.4. The molecule has 27 heavy (non-hydrogen) atoms. The monoisotopic (exact) mass is 365 g/mol. The van der Waals surface area contributed by atoms with Crippen LogP contribution in [0.1, 0.15) is 47.8 Å². The second-order valence-corrected chi connectivity index (χ2v) is 6.91. The van der Waals surface area contributed by atoms with Crippen LogP contribution in [0.5, 0.6) is 0 Å². The summed E-state index contributed by atoms with van der Waals surface area (Å²) >= 11 is 0. The lowest BCUT2D eigenvalue weighted by Crippen LogP contribution is -2.28. The van der Waals surface area contributed by atoms with Gasteiger partial charge in [0, 0.05) is 25.0 Å². The van der Waals surface area contributed by atoms with Crippen molar-refractivity contribution in [3.8, 4) is 5.69 Å². The Balaban J connectivity index is 1.41. The molecule has 0 spiro atoms. The summed E-state index contributed by atoms with van der Waals surface area (Å²) in [5.41, 5.74) is 8.20. The quantitative estimate of drug-likeness (QED) is 0.718. The van der Waals surface area contributed by atoms with E-state index in [1.54, 1.807) is 21.8 Å². The van der Waals surface area contributed by atoms with Gasteiger partial charge in [-0.25, -0.2) is 9.36 Å². The lowest BCUT2D eigenvalue weighted by molar-refractivity contribution is 0.0946. The van der Waals surface area contributed by atoms with Crippen molar-refractivity contribution in [3.05, 3.63) is 60.2 Å². The molecule has 0 unspecified atom stereocenters. The largest absolute Gasteiger partial charge is 0.346 e. The Morgan fingerprint density at radius 1 is 1.19 bits per heavy atom. The summed E-state index contributed by atoms with van der Waals surface area (Å²) in [5.74, 6) is -0.232. The second-order valence-electron chi connectivity index (χ2n) is 6.91. The number of aromatic nitrogens is 5. The molecule has 1 amide bonds. The van der Waals surface area contributed by atoms with Gasteiger partial charge in [-0.1, -0.05) is 23.4 Å². The number of rotatable bonds is 5. The van der Waals surface area contributed by atoms with Crippen molar-refractivity contribution in [1.82, 2.24) is 30.1 Å². The molecule has 1 aromatic carbocycles. The van der Waals surface area contributed by atoms with Gasteiger partial charge in [0.1, 0.15) is 0 Å². The molecule has 0 atom stereocenters. The Morgan fingerprint density at radius 3 is 2.78 bits per heavy atom. The van der Waals surface area contributed by atoms with E-state index in [2.05, 4.69) is 20.7 Å². The molecule has 1 saturated carbocycles. The first-order valence-electron chi connectivity index (χ1n) is 9.24. The van der Waals surface area contributed by atoms with Crippen molar-refractivity contribution in [2.45, 2.75) is 44.3 Å². The summed E-state index contributed by atoms with van der Waals surface area (Å²) in [6, 6.07) is 10.3. The van der Waals surface area contributed by atoms with Gasteiger partial charge < -0.3 is 11.1 Å². The van der Waals surface area contributed by atoms with E-state index in [1.807, 2.05) is 36.5 Å². The summed E-state index contributed by atoms with van der Waals surface area (Å²) in [4.78, 5) is 12.5. The molecule has 0 saturated heterocycles. The fraction of sp³-hybridized carbons (Fsp3) is 0.368. The SMILES string of the molecule is NC1CCC(n2cc(C(=O)NCc3ccccc3-n3cccn3)nn2)CC1. The van der Waals surface area contributed by atoms with E-state index in [1.165, 1.54) is 0 Å². The molecule has 0 radical (unpaired) electrons. The van der Waals surface area contributed by atoms with Crippen molar-refractivity contribution in [1.29, 1.82) is 0 Å². The van der Waals surface area contributed by atoms with Crippen LogP contribution in [-0.4, -0.2) is 36.7 Å². The first-order chi connectivity index (χ1) is 13.2. The predicted molar refractivity (Wildman–Crippen MR) is 100 cm³/mol. The third kappa shape index (κ3) is 3.90. The molecule has 3 N–H and O–H groups in total. The summed E-state index contributed by atoms with van der Waals surface area (Å²) in [5, 5.41) is 15.4. The molecule has 8 nitrogen and oxygen atoms in total. The van der Waals surface area contributed by atoms with Gasteiger partial charge in [-0.15, -0.1) is 5.10 Å². The number of nitrogens with two attached hydrogens (primary N) is 1. The second kappa shape index (κ2) is 7.71. The van der Waals surface area contributed by atoms with E-state index in [0.29, 0.717) is 12.2 Å². The highest BCUT2D eigenvalue weighted by molar-refractivity contribution is 5.91. The summed E-state index contributed by atoms with van der Waals surface area (Å²) in [6.45, 7) is 0.389. The van der Waals surface area contributed by atoms with Gasteiger partial charge in [0.25, 0.3) is 5.91 Å². The standard InChI is InChI=1S/C19H23N7O/c20-15-6-8-16(9-7-15)26-13-17(23-24-26)19(27)21-12-14-4-1-2-5-18(14)25-11-3-10-22-25/h1-5,10-11,13,15-16H,6-9,12,20H2,(H,21,27). The highest BCUT2D eigenvalue weighted by Gasteiger charge is 2.22. The van der Waals surface area contributed by atoms with Crippen molar-refractivity contribution < 1.29 is 4.79 Å². The molecule has 2 aromatic heterocycles. The van der Waals surface area contributed by atoms with Crippen LogP contribution in [0.2, 0.25) is 0 Å². The third-order valence-electron chi connectivity index (χ3n) is 5.04. The Bertz CT molecular complexity index is 894. The number of carbonyl (C=O) groups excluding carboxylic acids is 1. The molecule has 1 aliphatic rings. The van der Waals surface area contributed by atoms with Crippen LogP contribution in [0.4, 0.5) is 0 Å². The number of nitrogens with zero attached hydrogens (tertiary/aromatic N) is 5. The number of para-hydroxylation sites is 1. The van der Waals surface area contributed by atoms with E-state index in [4.69, 9.17) is 5.73 Å². The molecular weight excluding hydrogens is 342 g/mol. The lowest BCUT2D eigenvalue weighted by Gasteiger charge is -2.25. The van der Waals surface area contributed by atoms with Crippen LogP contribution in [0.3, 0.4) is 0 Å². The molecule has 2 heterocycles. The first-order valence-corrected chi connectivity index (χ1v) is 9.24. The minimum atomic E-state index is -0.232. The number of amides is 1. The number of benzene rings is 1. The average Bonchev–Trinajstić information content (AvgIpc) is 3.39. The molecule has 8 heteroatoms. The van der Waals surface area contributed by atoms with E-state index < -0.39 is 0 Å². The molecule has 140 valence electrons. The maximum absolute atomic E-state index is 12.5. The van der Waals surface area contributed by atoms with E-state index in [-0.39, 0.29) is 18.0 Å².